The summed E-state index contributed by atoms with van der Waals surface area (Å²) in [6.07, 6.45) is 10.5. The second-order valence-corrected chi connectivity index (χ2v) is 8.22. The van der Waals surface area contributed by atoms with Gasteiger partial charge in [-0.25, -0.2) is 14.4 Å². The first kappa shape index (κ1) is 21.2. The van der Waals surface area contributed by atoms with Crippen molar-refractivity contribution in [2.24, 2.45) is 0 Å². The number of halogens is 1. The number of nitrogens with zero attached hydrogens (tertiary/aromatic N) is 5. The molecule has 7 heteroatoms. The number of aromatic nitrogens is 4. The van der Waals surface area contributed by atoms with E-state index in [9.17, 15) is 4.39 Å². The van der Waals surface area contributed by atoms with E-state index in [2.05, 4.69) is 26.3 Å². The van der Waals surface area contributed by atoms with Crippen LogP contribution in [-0.2, 0) is 6.54 Å². The zero-order valence-electron chi connectivity index (χ0n) is 18.2. The van der Waals surface area contributed by atoms with Gasteiger partial charge in [-0.15, -0.1) is 0 Å². The van der Waals surface area contributed by atoms with E-state index in [4.69, 9.17) is 9.97 Å². The van der Waals surface area contributed by atoms with E-state index in [-0.39, 0.29) is 11.9 Å². The van der Waals surface area contributed by atoms with Crippen LogP contribution in [0.25, 0.3) is 11.3 Å². The molecule has 4 aromatic rings. The van der Waals surface area contributed by atoms with Crippen LogP contribution in [0.1, 0.15) is 36.7 Å². The molecule has 3 aromatic heterocycles. The number of likely N-dealkylation sites (tertiary alicyclic amines) is 1. The molecule has 166 valence electrons. The van der Waals surface area contributed by atoms with Crippen LogP contribution >= 0.6 is 0 Å². The van der Waals surface area contributed by atoms with Gasteiger partial charge in [0.2, 0.25) is 0 Å². The Morgan fingerprint density at radius 1 is 0.939 bits per heavy atom. The lowest BCUT2D eigenvalue weighted by Gasteiger charge is -2.35. The number of piperidine rings is 1. The summed E-state index contributed by atoms with van der Waals surface area (Å²) < 4.78 is 13.7. The molecule has 0 unspecified atom stereocenters. The van der Waals surface area contributed by atoms with Crippen molar-refractivity contribution in [3.63, 3.8) is 0 Å². The molecular weight excluding hydrogens is 415 g/mol. The fourth-order valence-electron chi connectivity index (χ4n) is 4.25. The van der Waals surface area contributed by atoms with Crippen molar-refractivity contribution in [1.29, 1.82) is 0 Å². The quantitative estimate of drug-likeness (QED) is 0.424. The van der Waals surface area contributed by atoms with E-state index in [1.807, 2.05) is 36.5 Å². The molecule has 0 radical (unpaired) electrons. The van der Waals surface area contributed by atoms with Gasteiger partial charge >= 0.3 is 0 Å². The van der Waals surface area contributed by atoms with Gasteiger partial charge in [0.15, 0.2) is 0 Å². The minimum atomic E-state index is -0.295. The maximum atomic E-state index is 13.7. The molecule has 6 nitrogen and oxygen atoms in total. The standard InChI is InChI=1S/C26H25FN6/c27-21-8-3-9-22(14-21)30-25-15-23(20-7-5-12-29-17-20)31-26(32-25)24-10-1-2-13-33(24)18-19-6-4-11-28-16-19/h3-9,11-12,14-17,24H,1-2,10,13,18H2,(H,30,31,32)/t24-/m1/s1. The van der Waals surface area contributed by atoms with E-state index >= 15 is 0 Å². The minimum absolute atomic E-state index is 0.0867. The first-order chi connectivity index (χ1) is 16.2. The fraction of sp³-hybridized carbons (Fsp3) is 0.231. The van der Waals surface area contributed by atoms with Crippen LogP contribution in [0, 0.1) is 5.82 Å². The van der Waals surface area contributed by atoms with Crippen molar-refractivity contribution in [2.45, 2.75) is 31.8 Å². The Morgan fingerprint density at radius 3 is 2.61 bits per heavy atom. The molecule has 1 aliphatic rings. The number of nitrogens with one attached hydrogen (secondary N) is 1. The van der Waals surface area contributed by atoms with E-state index in [0.29, 0.717) is 11.5 Å². The molecule has 33 heavy (non-hydrogen) atoms. The van der Waals surface area contributed by atoms with Gasteiger partial charge in [0.1, 0.15) is 17.5 Å². The van der Waals surface area contributed by atoms with E-state index < -0.39 is 0 Å². The Labute approximate surface area is 192 Å². The lowest BCUT2D eigenvalue weighted by atomic mass is 10.00. The zero-order valence-corrected chi connectivity index (χ0v) is 18.2. The van der Waals surface area contributed by atoms with Gasteiger partial charge in [0, 0.05) is 48.6 Å². The molecule has 4 heterocycles. The third-order valence-corrected chi connectivity index (χ3v) is 5.82. The van der Waals surface area contributed by atoms with Gasteiger partial charge in [0.05, 0.1) is 11.7 Å². The van der Waals surface area contributed by atoms with Crippen molar-refractivity contribution in [2.75, 3.05) is 11.9 Å². The zero-order chi connectivity index (χ0) is 22.5. The van der Waals surface area contributed by atoms with Crippen molar-refractivity contribution in [3.05, 3.63) is 96.6 Å². The molecule has 0 aliphatic carbocycles. The van der Waals surface area contributed by atoms with Crippen LogP contribution in [0.3, 0.4) is 0 Å². The molecular formula is C26H25FN6. The molecule has 0 saturated carbocycles. The molecule has 1 fully saturated rings. The fourth-order valence-corrected chi connectivity index (χ4v) is 4.25. The second kappa shape index (κ2) is 9.83. The maximum Gasteiger partial charge on any atom is 0.148 e. The third-order valence-electron chi connectivity index (χ3n) is 5.82. The van der Waals surface area contributed by atoms with Gasteiger partial charge in [-0.2, -0.15) is 0 Å². The Balaban J connectivity index is 1.51. The van der Waals surface area contributed by atoms with Crippen LogP contribution < -0.4 is 5.32 Å². The largest absolute Gasteiger partial charge is 0.340 e. The second-order valence-electron chi connectivity index (χ2n) is 8.22. The third kappa shape index (κ3) is 5.21. The molecule has 5 rings (SSSR count). The van der Waals surface area contributed by atoms with E-state index in [0.717, 1.165) is 49.4 Å². The molecule has 1 aromatic carbocycles. The van der Waals surface area contributed by atoms with Crippen molar-refractivity contribution >= 4 is 11.5 Å². The van der Waals surface area contributed by atoms with Gasteiger partial charge in [-0.1, -0.05) is 18.6 Å². The van der Waals surface area contributed by atoms with Crippen LogP contribution in [0.15, 0.2) is 79.4 Å². The molecule has 0 spiro atoms. The topological polar surface area (TPSA) is 66.8 Å². The molecule has 0 bridgehead atoms. The van der Waals surface area contributed by atoms with Crippen LogP contribution in [0.4, 0.5) is 15.9 Å². The number of hydrogen-bond donors (Lipinski definition) is 1. The summed E-state index contributed by atoms with van der Waals surface area (Å²) in [4.78, 5) is 20.8. The summed E-state index contributed by atoms with van der Waals surface area (Å²) in [6, 6.07) is 16.3. The first-order valence-electron chi connectivity index (χ1n) is 11.2. The lowest BCUT2D eigenvalue weighted by Crippen LogP contribution is -2.34. The Bertz CT molecular complexity index is 1200. The highest BCUT2D eigenvalue weighted by molar-refractivity contribution is 5.65. The summed E-state index contributed by atoms with van der Waals surface area (Å²) in [7, 11) is 0. The number of benzene rings is 1. The summed E-state index contributed by atoms with van der Waals surface area (Å²) in [5.74, 6) is 1.10. The highest BCUT2D eigenvalue weighted by Gasteiger charge is 2.27. The van der Waals surface area contributed by atoms with Gasteiger partial charge in [-0.05, 0) is 61.3 Å². The SMILES string of the molecule is Fc1cccc(Nc2cc(-c3cccnc3)nc([C@H]3CCCCN3Cc3cccnc3)n2)c1. The monoisotopic (exact) mass is 440 g/mol. The summed E-state index contributed by atoms with van der Waals surface area (Å²) in [5, 5.41) is 3.26. The summed E-state index contributed by atoms with van der Waals surface area (Å²) in [6.45, 7) is 1.78. The van der Waals surface area contributed by atoms with Gasteiger partial charge < -0.3 is 5.32 Å². The molecule has 1 aliphatic heterocycles. The number of hydrogen-bond acceptors (Lipinski definition) is 6. The number of rotatable bonds is 6. The highest BCUT2D eigenvalue weighted by Crippen LogP contribution is 2.33. The van der Waals surface area contributed by atoms with Crippen LogP contribution in [-0.4, -0.2) is 31.4 Å². The molecule has 1 atom stereocenters. The average Bonchev–Trinajstić information content (AvgIpc) is 2.85. The van der Waals surface area contributed by atoms with Crippen LogP contribution in [0.2, 0.25) is 0 Å². The molecule has 1 saturated heterocycles. The average molecular weight is 441 g/mol. The Morgan fingerprint density at radius 2 is 1.82 bits per heavy atom. The minimum Gasteiger partial charge on any atom is -0.340 e. The van der Waals surface area contributed by atoms with Crippen molar-refractivity contribution in [3.8, 4) is 11.3 Å². The maximum absolute atomic E-state index is 13.7. The molecule has 1 N–H and O–H groups in total. The Kier molecular flexibility index (Phi) is 6.30. The van der Waals surface area contributed by atoms with Gasteiger partial charge in [-0.3, -0.25) is 14.9 Å². The van der Waals surface area contributed by atoms with Crippen LogP contribution in [0.5, 0.6) is 0 Å². The summed E-state index contributed by atoms with van der Waals surface area (Å²) in [5.41, 5.74) is 3.52. The van der Waals surface area contributed by atoms with Crippen molar-refractivity contribution in [1.82, 2.24) is 24.8 Å². The molecule has 0 amide bonds. The Hall–Kier alpha value is -3.71. The highest BCUT2D eigenvalue weighted by atomic mass is 19.1. The predicted molar refractivity (Wildman–Crippen MR) is 126 cm³/mol. The van der Waals surface area contributed by atoms with E-state index in [1.54, 1.807) is 24.7 Å². The predicted octanol–water partition coefficient (Wildman–Crippen LogP) is 5.54. The first-order valence-corrected chi connectivity index (χ1v) is 11.2. The normalized spacial score (nSPS) is 16.5. The summed E-state index contributed by atoms with van der Waals surface area (Å²) >= 11 is 0. The number of pyridine rings is 2. The smallest absolute Gasteiger partial charge is 0.148 e. The van der Waals surface area contributed by atoms with Crippen molar-refractivity contribution < 1.29 is 4.39 Å². The number of anilines is 2. The van der Waals surface area contributed by atoms with E-state index in [1.165, 1.54) is 17.7 Å². The van der Waals surface area contributed by atoms with Gasteiger partial charge in [0.25, 0.3) is 0 Å². The lowest BCUT2D eigenvalue weighted by molar-refractivity contribution is 0.134.